The van der Waals surface area contributed by atoms with Crippen LogP contribution in [0.3, 0.4) is 0 Å². The normalized spacial score (nSPS) is 23.1. The van der Waals surface area contributed by atoms with E-state index in [1.807, 2.05) is 0 Å². The van der Waals surface area contributed by atoms with E-state index in [9.17, 15) is 23.7 Å². The predicted octanol–water partition coefficient (Wildman–Crippen LogP) is 1.46. The minimum Gasteiger partial charge on any atom is -0.463 e. The number of phosphoric ester groups is 1. The molecule has 1 rings (SSSR count). The molecule has 1 aliphatic heterocycles. The lowest BCUT2D eigenvalue weighted by Gasteiger charge is -2.45. The quantitative estimate of drug-likeness (QED) is 0.0586. The molecule has 5 atom stereocenters. The molecule has 0 aromatic heterocycles. The average molecular weight is 548 g/mol. The van der Waals surface area contributed by atoms with E-state index < -0.39 is 75.4 Å². The van der Waals surface area contributed by atoms with E-state index in [0.29, 0.717) is 0 Å². The van der Waals surface area contributed by atoms with Crippen LogP contribution in [0.25, 0.3) is 10.4 Å². The second-order valence-corrected chi connectivity index (χ2v) is 8.82. The van der Waals surface area contributed by atoms with Crippen LogP contribution >= 0.6 is 7.82 Å². The van der Waals surface area contributed by atoms with E-state index in [1.54, 1.807) is 0 Å². The Morgan fingerprint density at radius 2 is 1.59 bits per heavy atom. The molecule has 1 saturated heterocycles. The third kappa shape index (κ3) is 11.1. The molecule has 0 bridgehead atoms. The van der Waals surface area contributed by atoms with E-state index in [-0.39, 0.29) is 13.2 Å². The van der Waals surface area contributed by atoms with Crippen LogP contribution in [0, 0.1) is 0 Å². The first-order chi connectivity index (χ1) is 17.5. The fourth-order valence-corrected chi connectivity index (χ4v) is 4.19. The number of hydrogen-bond acceptors (Lipinski definition) is 13. The SMILES string of the molecule is C=CCOP(=O)(OCC=C)O[C@H]1OC(COC(C)=O)[C@H](OC(C)=O)C(OC(C)=O)C1NC(=O)CN=[N+]=[N-]. The summed E-state index contributed by atoms with van der Waals surface area (Å²) >= 11 is 0. The van der Waals surface area contributed by atoms with E-state index in [2.05, 4.69) is 28.5 Å². The van der Waals surface area contributed by atoms with Gasteiger partial charge in [-0.1, -0.05) is 17.3 Å². The maximum atomic E-state index is 13.3. The Morgan fingerprint density at radius 3 is 2.08 bits per heavy atom. The molecule has 0 saturated carbocycles. The Bertz CT molecular complexity index is 938. The van der Waals surface area contributed by atoms with Gasteiger partial charge in [-0.15, -0.1) is 13.2 Å². The van der Waals surface area contributed by atoms with E-state index in [0.717, 1.165) is 20.8 Å². The number of phosphoric acid groups is 1. The van der Waals surface area contributed by atoms with Crippen molar-refractivity contribution in [1.82, 2.24) is 5.32 Å². The largest absolute Gasteiger partial charge is 0.477 e. The van der Waals surface area contributed by atoms with Gasteiger partial charge in [0.2, 0.25) is 5.91 Å². The fourth-order valence-electron chi connectivity index (χ4n) is 2.99. The number of hydrogen-bond donors (Lipinski definition) is 1. The van der Waals surface area contributed by atoms with Gasteiger partial charge in [0.05, 0.1) is 13.2 Å². The molecular weight excluding hydrogens is 519 g/mol. The van der Waals surface area contributed by atoms with Gasteiger partial charge in [-0.2, -0.15) is 0 Å². The zero-order chi connectivity index (χ0) is 28.0. The lowest BCUT2D eigenvalue weighted by Crippen LogP contribution is -2.66. The van der Waals surface area contributed by atoms with E-state index in [4.69, 9.17) is 38.0 Å². The van der Waals surface area contributed by atoms with Crippen molar-refractivity contribution in [2.45, 2.75) is 51.4 Å². The van der Waals surface area contributed by atoms with Crippen LogP contribution in [0.2, 0.25) is 0 Å². The van der Waals surface area contributed by atoms with Crippen molar-refractivity contribution in [2.24, 2.45) is 5.11 Å². The number of carbonyl (C=O) groups excluding carboxylic acids is 4. The summed E-state index contributed by atoms with van der Waals surface area (Å²) in [4.78, 5) is 50.1. The summed E-state index contributed by atoms with van der Waals surface area (Å²) < 4.78 is 50.4. The zero-order valence-corrected chi connectivity index (χ0v) is 21.4. The summed E-state index contributed by atoms with van der Waals surface area (Å²) in [5.74, 6) is -3.29. The summed E-state index contributed by atoms with van der Waals surface area (Å²) in [6, 6.07) is -1.52. The van der Waals surface area contributed by atoms with Crippen LogP contribution in [0.15, 0.2) is 30.4 Å². The second-order valence-electron chi connectivity index (χ2n) is 7.20. The van der Waals surface area contributed by atoms with Crippen LogP contribution in [-0.4, -0.2) is 80.8 Å². The minimum atomic E-state index is -4.45. The van der Waals surface area contributed by atoms with Crippen molar-refractivity contribution in [1.29, 1.82) is 0 Å². The first-order valence-electron chi connectivity index (χ1n) is 10.7. The summed E-state index contributed by atoms with van der Waals surface area (Å²) in [6.45, 7) is 8.35. The molecule has 1 N–H and O–H groups in total. The molecule has 206 valence electrons. The molecule has 17 heteroatoms. The summed E-state index contributed by atoms with van der Waals surface area (Å²) in [7, 11) is -4.45. The third-order valence-corrected chi connectivity index (χ3v) is 5.64. The number of esters is 3. The molecule has 0 radical (unpaired) electrons. The van der Waals surface area contributed by atoms with Crippen LogP contribution < -0.4 is 5.32 Å². The van der Waals surface area contributed by atoms with Gasteiger partial charge in [-0.3, -0.25) is 32.7 Å². The number of carbonyl (C=O) groups is 4. The number of nitrogens with one attached hydrogen (secondary N) is 1. The lowest BCUT2D eigenvalue weighted by molar-refractivity contribution is -0.260. The standard InChI is InChI=1S/C20H29N4O12P/c1-6-8-31-37(29,32-9-7-2)36-20-17(23-16(28)10-22-24-21)19(34-14(5)27)18(33-13(4)26)15(35-20)11-30-12(3)25/h6-7,15,17-20H,1-2,8-11H2,3-5H3,(H,23,28)/t15?,17?,18-,19?,20+/m0/s1. The molecule has 0 aliphatic carbocycles. The Morgan fingerprint density at radius 1 is 1.03 bits per heavy atom. The smallest absolute Gasteiger partial charge is 0.463 e. The summed E-state index contributed by atoms with van der Waals surface area (Å²) in [6.07, 6.45) is -3.53. The van der Waals surface area contributed by atoms with Gasteiger partial charge in [-0.05, 0) is 5.53 Å². The Labute approximate surface area is 212 Å². The maximum Gasteiger partial charge on any atom is 0.477 e. The van der Waals surface area contributed by atoms with Crippen LogP contribution in [0.4, 0.5) is 0 Å². The van der Waals surface area contributed by atoms with Gasteiger partial charge in [-0.25, -0.2) is 4.57 Å². The summed E-state index contributed by atoms with van der Waals surface area (Å²) in [5.41, 5.74) is 8.52. The molecule has 1 aliphatic rings. The molecule has 3 unspecified atom stereocenters. The summed E-state index contributed by atoms with van der Waals surface area (Å²) in [5, 5.41) is 5.53. The van der Waals surface area contributed by atoms with Crippen molar-refractivity contribution in [3.63, 3.8) is 0 Å². The highest BCUT2D eigenvalue weighted by Gasteiger charge is 2.53. The van der Waals surface area contributed by atoms with Crippen molar-refractivity contribution in [3.8, 4) is 0 Å². The van der Waals surface area contributed by atoms with Gasteiger partial charge in [0.25, 0.3) is 0 Å². The Kier molecular flexibility index (Phi) is 13.5. The van der Waals surface area contributed by atoms with Crippen molar-refractivity contribution < 1.29 is 56.3 Å². The van der Waals surface area contributed by atoms with Crippen molar-refractivity contribution in [3.05, 3.63) is 35.8 Å². The molecule has 1 fully saturated rings. The monoisotopic (exact) mass is 548 g/mol. The predicted molar refractivity (Wildman–Crippen MR) is 123 cm³/mol. The first-order valence-corrected chi connectivity index (χ1v) is 12.1. The van der Waals surface area contributed by atoms with Crippen molar-refractivity contribution >= 4 is 31.6 Å². The van der Waals surface area contributed by atoms with Gasteiger partial charge in [0.1, 0.15) is 25.3 Å². The molecule has 0 aromatic rings. The third-order valence-electron chi connectivity index (χ3n) is 4.24. The number of nitrogens with zero attached hydrogens (tertiary/aromatic N) is 3. The van der Waals surface area contributed by atoms with Gasteiger partial charge >= 0.3 is 25.7 Å². The highest BCUT2D eigenvalue weighted by Crippen LogP contribution is 2.52. The van der Waals surface area contributed by atoms with Crippen LogP contribution in [-0.2, 0) is 56.3 Å². The lowest BCUT2D eigenvalue weighted by atomic mass is 9.96. The van der Waals surface area contributed by atoms with E-state index >= 15 is 0 Å². The zero-order valence-electron chi connectivity index (χ0n) is 20.5. The molecular formula is C20H29N4O12P. The molecule has 0 spiro atoms. The van der Waals surface area contributed by atoms with Gasteiger partial charge in [0.15, 0.2) is 18.5 Å². The Balaban J connectivity index is 3.56. The molecule has 1 heterocycles. The number of ether oxygens (including phenoxy) is 4. The topological polar surface area (TPSA) is 211 Å². The Hall–Kier alpha value is -3.26. The highest BCUT2D eigenvalue weighted by atomic mass is 31.2. The minimum absolute atomic E-state index is 0.282. The number of rotatable bonds is 15. The number of amides is 1. The second kappa shape index (κ2) is 15.8. The first kappa shape index (κ1) is 31.8. The highest BCUT2D eigenvalue weighted by molar-refractivity contribution is 7.48. The molecule has 1 amide bonds. The maximum absolute atomic E-state index is 13.3. The van der Waals surface area contributed by atoms with Gasteiger partial charge in [0, 0.05) is 25.7 Å². The van der Waals surface area contributed by atoms with Crippen LogP contribution in [0.1, 0.15) is 20.8 Å². The fraction of sp³-hybridized carbons (Fsp3) is 0.600. The molecule has 37 heavy (non-hydrogen) atoms. The van der Waals surface area contributed by atoms with E-state index in [1.165, 1.54) is 12.2 Å². The van der Waals surface area contributed by atoms with Gasteiger partial charge < -0.3 is 24.3 Å². The molecule has 16 nitrogen and oxygen atoms in total. The van der Waals surface area contributed by atoms with Crippen LogP contribution in [0.5, 0.6) is 0 Å². The average Bonchev–Trinajstić information content (AvgIpc) is 2.82. The molecule has 0 aromatic carbocycles. The number of azide groups is 1. The van der Waals surface area contributed by atoms with Crippen molar-refractivity contribution in [2.75, 3.05) is 26.4 Å².